The summed E-state index contributed by atoms with van der Waals surface area (Å²) in [5, 5.41) is 0.265. The molecule has 0 aliphatic rings. The van der Waals surface area contributed by atoms with Crippen molar-refractivity contribution in [3.05, 3.63) is 23.3 Å². The smallest absolute Gasteiger partial charge is 0.175 e. The Morgan fingerprint density at radius 3 is 2.62 bits per heavy atom. The highest BCUT2D eigenvalue weighted by molar-refractivity contribution is 9.09. The molecule has 0 aliphatic heterocycles. The van der Waals surface area contributed by atoms with Crippen molar-refractivity contribution in [1.29, 1.82) is 0 Å². The van der Waals surface area contributed by atoms with Gasteiger partial charge in [-0.2, -0.15) is 0 Å². The van der Waals surface area contributed by atoms with Gasteiger partial charge in [0.25, 0.3) is 0 Å². The summed E-state index contributed by atoms with van der Waals surface area (Å²) in [6.07, 6.45) is 0. The van der Waals surface area contributed by atoms with E-state index in [1.54, 1.807) is 12.1 Å². The Kier molecular flexibility index (Phi) is 2.93. The number of rotatable bonds is 2. The zero-order valence-electron chi connectivity index (χ0n) is 7.30. The van der Waals surface area contributed by atoms with Crippen LogP contribution in [0.15, 0.2) is 12.1 Å². The third-order valence-electron chi connectivity index (χ3n) is 1.89. The minimum Gasteiger partial charge on any atom is -0.397 e. The maximum absolute atomic E-state index is 11.4. The van der Waals surface area contributed by atoms with Gasteiger partial charge < -0.3 is 11.5 Å². The van der Waals surface area contributed by atoms with E-state index in [1.807, 2.05) is 6.92 Å². The molecule has 0 unspecified atom stereocenters. The standard InChI is InChI=1S/C9H11BrN2O/c1-5-2-3-6(11)9(12)8(5)7(13)4-10/h2-3H,4,11-12H2,1H3. The van der Waals surface area contributed by atoms with E-state index in [2.05, 4.69) is 15.9 Å². The Balaban J connectivity index is 3.33. The number of anilines is 2. The average molecular weight is 243 g/mol. The number of benzene rings is 1. The largest absolute Gasteiger partial charge is 0.397 e. The molecule has 70 valence electrons. The van der Waals surface area contributed by atoms with Crippen LogP contribution in [-0.2, 0) is 0 Å². The molecule has 0 amide bonds. The molecule has 13 heavy (non-hydrogen) atoms. The molecule has 1 rings (SSSR count). The van der Waals surface area contributed by atoms with E-state index in [0.29, 0.717) is 16.9 Å². The van der Waals surface area contributed by atoms with Crippen molar-refractivity contribution in [1.82, 2.24) is 0 Å². The number of Topliss-reactive ketones (excluding diaryl/α,β-unsaturated/α-hetero) is 1. The van der Waals surface area contributed by atoms with Gasteiger partial charge >= 0.3 is 0 Å². The molecule has 0 saturated heterocycles. The van der Waals surface area contributed by atoms with Crippen LogP contribution in [0.1, 0.15) is 15.9 Å². The first kappa shape index (κ1) is 10.1. The third kappa shape index (κ3) is 1.83. The highest BCUT2D eigenvalue weighted by Gasteiger charge is 2.12. The first-order valence-electron chi connectivity index (χ1n) is 3.81. The number of hydrogen-bond acceptors (Lipinski definition) is 3. The highest BCUT2D eigenvalue weighted by Crippen LogP contribution is 2.24. The van der Waals surface area contributed by atoms with Gasteiger partial charge in [0.2, 0.25) is 0 Å². The highest BCUT2D eigenvalue weighted by atomic mass is 79.9. The molecule has 1 aromatic carbocycles. The lowest BCUT2D eigenvalue weighted by molar-refractivity contribution is 0.102. The van der Waals surface area contributed by atoms with Gasteiger partial charge in [-0.1, -0.05) is 22.0 Å². The molecule has 4 heteroatoms. The molecule has 0 atom stereocenters. The van der Waals surface area contributed by atoms with Crippen LogP contribution >= 0.6 is 15.9 Å². The van der Waals surface area contributed by atoms with Gasteiger partial charge in [0, 0.05) is 5.56 Å². The number of carbonyl (C=O) groups is 1. The molecule has 0 aliphatic carbocycles. The van der Waals surface area contributed by atoms with Crippen LogP contribution < -0.4 is 11.5 Å². The first-order valence-corrected chi connectivity index (χ1v) is 4.93. The summed E-state index contributed by atoms with van der Waals surface area (Å²) >= 11 is 3.10. The Morgan fingerprint density at radius 2 is 2.08 bits per heavy atom. The van der Waals surface area contributed by atoms with E-state index in [-0.39, 0.29) is 11.1 Å². The predicted octanol–water partition coefficient (Wildman–Crippen LogP) is 1.74. The van der Waals surface area contributed by atoms with E-state index < -0.39 is 0 Å². The van der Waals surface area contributed by atoms with E-state index in [1.165, 1.54) is 0 Å². The number of nitrogens with two attached hydrogens (primary N) is 2. The van der Waals surface area contributed by atoms with Crippen molar-refractivity contribution >= 4 is 33.1 Å². The number of aryl methyl sites for hydroxylation is 1. The van der Waals surface area contributed by atoms with Gasteiger partial charge in [-0.3, -0.25) is 4.79 Å². The molecule has 0 spiro atoms. The van der Waals surface area contributed by atoms with Crippen LogP contribution in [0, 0.1) is 6.92 Å². The fourth-order valence-electron chi connectivity index (χ4n) is 1.18. The summed E-state index contributed by atoms with van der Waals surface area (Å²) in [5.41, 5.74) is 13.5. The van der Waals surface area contributed by atoms with Gasteiger partial charge in [-0.15, -0.1) is 0 Å². The number of carbonyl (C=O) groups excluding carboxylic acids is 1. The number of hydrogen-bond donors (Lipinski definition) is 2. The maximum Gasteiger partial charge on any atom is 0.175 e. The van der Waals surface area contributed by atoms with Crippen LogP contribution in [0.3, 0.4) is 0 Å². The topological polar surface area (TPSA) is 69.1 Å². The molecule has 0 bridgehead atoms. The zero-order valence-corrected chi connectivity index (χ0v) is 8.89. The quantitative estimate of drug-likeness (QED) is 0.472. The molecule has 0 saturated carbocycles. The molecule has 0 aromatic heterocycles. The molecule has 3 nitrogen and oxygen atoms in total. The summed E-state index contributed by atoms with van der Waals surface area (Å²) in [4.78, 5) is 11.4. The Hall–Kier alpha value is -1.03. The number of ketones is 1. The van der Waals surface area contributed by atoms with Crippen molar-refractivity contribution in [3.63, 3.8) is 0 Å². The molecule has 4 N–H and O–H groups in total. The number of halogens is 1. The van der Waals surface area contributed by atoms with Gasteiger partial charge in [0.1, 0.15) is 0 Å². The van der Waals surface area contributed by atoms with Crippen LogP contribution in [-0.4, -0.2) is 11.1 Å². The second-order valence-electron chi connectivity index (χ2n) is 2.82. The second kappa shape index (κ2) is 3.79. The Bertz CT molecular complexity index is 350. The zero-order chi connectivity index (χ0) is 10.0. The normalized spacial score (nSPS) is 10.0. The van der Waals surface area contributed by atoms with Crippen LogP contribution in [0.25, 0.3) is 0 Å². The van der Waals surface area contributed by atoms with Gasteiger partial charge in [-0.25, -0.2) is 0 Å². The van der Waals surface area contributed by atoms with E-state index in [9.17, 15) is 4.79 Å². The number of nitrogen functional groups attached to an aromatic ring is 2. The predicted molar refractivity (Wildman–Crippen MR) is 58.1 cm³/mol. The Morgan fingerprint density at radius 1 is 1.46 bits per heavy atom. The minimum absolute atomic E-state index is 0.0395. The SMILES string of the molecule is Cc1ccc(N)c(N)c1C(=O)CBr. The van der Waals surface area contributed by atoms with Crippen molar-refractivity contribution < 1.29 is 4.79 Å². The molecular formula is C9H11BrN2O. The molecular weight excluding hydrogens is 232 g/mol. The van der Waals surface area contributed by atoms with Gasteiger partial charge in [0.15, 0.2) is 5.78 Å². The monoisotopic (exact) mass is 242 g/mol. The summed E-state index contributed by atoms with van der Waals surface area (Å²) in [7, 11) is 0. The van der Waals surface area contributed by atoms with Crippen LogP contribution in [0.2, 0.25) is 0 Å². The molecule has 1 aromatic rings. The fourth-order valence-corrected chi connectivity index (χ4v) is 1.46. The van der Waals surface area contributed by atoms with Crippen molar-refractivity contribution in [2.75, 3.05) is 16.8 Å². The van der Waals surface area contributed by atoms with Crippen molar-refractivity contribution in [2.24, 2.45) is 0 Å². The first-order chi connectivity index (χ1) is 6.07. The lowest BCUT2D eigenvalue weighted by Crippen LogP contribution is -2.09. The van der Waals surface area contributed by atoms with E-state index in [0.717, 1.165) is 5.56 Å². The van der Waals surface area contributed by atoms with Crippen molar-refractivity contribution in [3.8, 4) is 0 Å². The summed E-state index contributed by atoms with van der Waals surface area (Å²) < 4.78 is 0. The summed E-state index contributed by atoms with van der Waals surface area (Å²) in [5.74, 6) is -0.0395. The van der Waals surface area contributed by atoms with Gasteiger partial charge in [-0.05, 0) is 18.6 Å². The molecule has 0 radical (unpaired) electrons. The Labute approximate surface area is 85.2 Å². The van der Waals surface area contributed by atoms with Crippen molar-refractivity contribution in [2.45, 2.75) is 6.92 Å². The summed E-state index contributed by atoms with van der Waals surface area (Å²) in [6.45, 7) is 1.84. The molecule has 0 fully saturated rings. The lowest BCUT2D eigenvalue weighted by Gasteiger charge is -2.08. The van der Waals surface area contributed by atoms with E-state index >= 15 is 0 Å². The van der Waals surface area contributed by atoms with E-state index in [4.69, 9.17) is 11.5 Å². The summed E-state index contributed by atoms with van der Waals surface area (Å²) in [6, 6.07) is 3.50. The molecule has 0 heterocycles. The fraction of sp³-hybridized carbons (Fsp3) is 0.222. The minimum atomic E-state index is -0.0395. The second-order valence-corrected chi connectivity index (χ2v) is 3.38. The number of alkyl halides is 1. The third-order valence-corrected chi connectivity index (χ3v) is 2.40. The average Bonchev–Trinajstić information content (AvgIpc) is 2.12. The van der Waals surface area contributed by atoms with Crippen LogP contribution in [0.4, 0.5) is 11.4 Å². The van der Waals surface area contributed by atoms with Gasteiger partial charge in [0.05, 0.1) is 16.7 Å². The lowest BCUT2D eigenvalue weighted by atomic mass is 10.0. The maximum atomic E-state index is 11.4. The van der Waals surface area contributed by atoms with Crippen LogP contribution in [0.5, 0.6) is 0 Å².